The van der Waals surface area contributed by atoms with Gasteiger partial charge < -0.3 is 10.4 Å². The summed E-state index contributed by atoms with van der Waals surface area (Å²) in [5.41, 5.74) is 0. The SMILES string of the molecule is O=C(O)C1CCCCCC1Nc1cncc(Cl)n1. The van der Waals surface area contributed by atoms with Crippen LogP contribution in [0.2, 0.25) is 5.15 Å². The fourth-order valence-corrected chi connectivity index (χ4v) is 2.53. The molecule has 1 fully saturated rings. The lowest BCUT2D eigenvalue weighted by Crippen LogP contribution is -2.34. The Kier molecular flexibility index (Phi) is 4.36. The van der Waals surface area contributed by atoms with Crippen molar-refractivity contribution in [2.45, 2.75) is 38.1 Å². The second-order valence-corrected chi connectivity index (χ2v) is 4.95. The molecule has 1 aliphatic carbocycles. The first-order valence-corrected chi connectivity index (χ1v) is 6.51. The van der Waals surface area contributed by atoms with Crippen molar-refractivity contribution in [1.82, 2.24) is 9.97 Å². The maximum Gasteiger partial charge on any atom is 0.308 e. The second kappa shape index (κ2) is 6.00. The molecule has 2 unspecified atom stereocenters. The maximum absolute atomic E-state index is 11.3. The summed E-state index contributed by atoms with van der Waals surface area (Å²) >= 11 is 5.76. The number of aromatic nitrogens is 2. The standard InChI is InChI=1S/C12H16ClN3O2/c13-10-6-14-7-11(16-10)15-9-5-3-1-2-4-8(9)12(17)18/h6-9H,1-5H2,(H,15,16)(H,17,18). The highest BCUT2D eigenvalue weighted by molar-refractivity contribution is 6.29. The average Bonchev–Trinajstić information content (AvgIpc) is 2.54. The lowest BCUT2D eigenvalue weighted by atomic mass is 9.95. The number of rotatable bonds is 3. The molecule has 6 heteroatoms. The van der Waals surface area contributed by atoms with Gasteiger partial charge in [0.05, 0.1) is 18.3 Å². The third-order valence-electron chi connectivity index (χ3n) is 3.27. The lowest BCUT2D eigenvalue weighted by molar-refractivity contribution is -0.142. The molecule has 18 heavy (non-hydrogen) atoms. The number of nitrogens with zero attached hydrogens (tertiary/aromatic N) is 2. The average molecular weight is 270 g/mol. The summed E-state index contributed by atoms with van der Waals surface area (Å²) in [7, 11) is 0. The van der Waals surface area contributed by atoms with Gasteiger partial charge in [-0.05, 0) is 12.8 Å². The molecule has 1 aromatic rings. The van der Waals surface area contributed by atoms with Gasteiger partial charge in [0.15, 0.2) is 0 Å². The van der Waals surface area contributed by atoms with Gasteiger partial charge >= 0.3 is 5.97 Å². The summed E-state index contributed by atoms with van der Waals surface area (Å²) in [6, 6.07) is -0.0993. The van der Waals surface area contributed by atoms with Crippen LogP contribution in [0.1, 0.15) is 32.1 Å². The second-order valence-electron chi connectivity index (χ2n) is 4.56. The first-order valence-electron chi connectivity index (χ1n) is 6.13. The normalized spacial score (nSPS) is 24.3. The number of hydrogen-bond acceptors (Lipinski definition) is 4. The van der Waals surface area contributed by atoms with E-state index in [1.807, 2.05) is 0 Å². The molecule has 0 spiro atoms. The molecule has 0 bridgehead atoms. The quantitative estimate of drug-likeness (QED) is 0.825. The van der Waals surface area contributed by atoms with Crippen molar-refractivity contribution in [3.63, 3.8) is 0 Å². The zero-order valence-corrected chi connectivity index (χ0v) is 10.7. The van der Waals surface area contributed by atoms with Crippen molar-refractivity contribution in [3.8, 4) is 0 Å². The van der Waals surface area contributed by atoms with E-state index in [2.05, 4.69) is 15.3 Å². The fourth-order valence-electron chi connectivity index (χ4n) is 2.38. The summed E-state index contributed by atoms with van der Waals surface area (Å²) in [5.74, 6) is -0.571. The van der Waals surface area contributed by atoms with Gasteiger partial charge in [0.2, 0.25) is 0 Å². The predicted molar refractivity (Wildman–Crippen MR) is 68.7 cm³/mol. The van der Waals surface area contributed by atoms with Crippen molar-refractivity contribution in [1.29, 1.82) is 0 Å². The largest absolute Gasteiger partial charge is 0.481 e. The molecule has 1 aromatic heterocycles. The molecule has 0 aliphatic heterocycles. The minimum absolute atomic E-state index is 0.0993. The molecule has 0 saturated heterocycles. The summed E-state index contributed by atoms with van der Waals surface area (Å²) in [4.78, 5) is 19.3. The summed E-state index contributed by atoms with van der Waals surface area (Å²) in [6.07, 6.45) is 7.66. The van der Waals surface area contributed by atoms with Crippen LogP contribution in [0.3, 0.4) is 0 Å². The summed E-state index contributed by atoms with van der Waals surface area (Å²) in [5, 5.41) is 12.7. The van der Waals surface area contributed by atoms with Crippen molar-refractivity contribution in [2.24, 2.45) is 5.92 Å². The molecular formula is C12H16ClN3O2. The van der Waals surface area contributed by atoms with E-state index in [0.29, 0.717) is 17.4 Å². The van der Waals surface area contributed by atoms with Gasteiger partial charge in [-0.15, -0.1) is 0 Å². The number of anilines is 1. The highest BCUT2D eigenvalue weighted by Crippen LogP contribution is 2.26. The van der Waals surface area contributed by atoms with Crippen LogP contribution >= 0.6 is 11.6 Å². The van der Waals surface area contributed by atoms with E-state index in [1.54, 1.807) is 6.20 Å². The van der Waals surface area contributed by atoms with Gasteiger partial charge in [-0.2, -0.15) is 0 Å². The van der Waals surface area contributed by atoms with Crippen LogP contribution in [-0.2, 0) is 4.79 Å². The Bertz CT molecular complexity index is 428. The molecule has 98 valence electrons. The maximum atomic E-state index is 11.3. The lowest BCUT2D eigenvalue weighted by Gasteiger charge is -2.23. The van der Waals surface area contributed by atoms with Crippen LogP contribution in [0.5, 0.6) is 0 Å². The van der Waals surface area contributed by atoms with Crippen LogP contribution in [0, 0.1) is 5.92 Å². The van der Waals surface area contributed by atoms with Gasteiger partial charge in [-0.3, -0.25) is 9.78 Å². The first kappa shape index (κ1) is 13.1. The third-order valence-corrected chi connectivity index (χ3v) is 3.45. The van der Waals surface area contributed by atoms with Crippen LogP contribution in [0.25, 0.3) is 0 Å². The summed E-state index contributed by atoms with van der Waals surface area (Å²) < 4.78 is 0. The van der Waals surface area contributed by atoms with Gasteiger partial charge in [0.1, 0.15) is 11.0 Å². The molecule has 2 atom stereocenters. The van der Waals surface area contributed by atoms with Crippen molar-refractivity contribution < 1.29 is 9.90 Å². The highest BCUT2D eigenvalue weighted by Gasteiger charge is 2.29. The smallest absolute Gasteiger partial charge is 0.308 e. The van der Waals surface area contributed by atoms with Crippen molar-refractivity contribution in [2.75, 3.05) is 5.32 Å². The van der Waals surface area contributed by atoms with Gasteiger partial charge in [-0.1, -0.05) is 30.9 Å². The number of nitrogens with one attached hydrogen (secondary N) is 1. The molecule has 0 amide bonds. The van der Waals surface area contributed by atoms with Gasteiger partial charge in [0, 0.05) is 6.04 Å². The number of halogens is 1. The van der Waals surface area contributed by atoms with Gasteiger partial charge in [-0.25, -0.2) is 4.98 Å². The number of hydrogen-bond donors (Lipinski definition) is 2. The van der Waals surface area contributed by atoms with Crippen molar-refractivity contribution >= 4 is 23.4 Å². The minimum Gasteiger partial charge on any atom is -0.481 e. The Morgan fingerprint density at radius 1 is 1.33 bits per heavy atom. The van der Waals surface area contributed by atoms with E-state index in [-0.39, 0.29) is 12.0 Å². The zero-order chi connectivity index (χ0) is 13.0. The number of carbonyl (C=O) groups is 1. The number of carboxylic acids is 1. The van der Waals surface area contributed by atoms with Crippen LogP contribution < -0.4 is 5.32 Å². The topological polar surface area (TPSA) is 75.1 Å². The van der Waals surface area contributed by atoms with Crippen LogP contribution in [0.15, 0.2) is 12.4 Å². The van der Waals surface area contributed by atoms with E-state index in [0.717, 1.165) is 25.7 Å². The van der Waals surface area contributed by atoms with E-state index in [4.69, 9.17) is 11.6 Å². The van der Waals surface area contributed by atoms with E-state index < -0.39 is 5.97 Å². The Labute approximate surface area is 111 Å². The molecule has 2 N–H and O–H groups in total. The van der Waals surface area contributed by atoms with E-state index in [9.17, 15) is 9.90 Å². The molecule has 2 rings (SSSR count). The van der Waals surface area contributed by atoms with E-state index >= 15 is 0 Å². The number of carboxylic acid groups (broad SMARTS) is 1. The zero-order valence-electron chi connectivity index (χ0n) is 9.97. The minimum atomic E-state index is -0.746. The van der Waals surface area contributed by atoms with E-state index in [1.165, 1.54) is 6.20 Å². The Hall–Kier alpha value is -1.36. The molecule has 0 aromatic carbocycles. The molecule has 1 heterocycles. The Morgan fingerprint density at radius 2 is 2.11 bits per heavy atom. The molecular weight excluding hydrogens is 254 g/mol. The summed E-state index contributed by atoms with van der Waals surface area (Å²) in [6.45, 7) is 0. The first-order chi connectivity index (χ1) is 8.66. The predicted octanol–water partition coefficient (Wildman–Crippen LogP) is 2.58. The van der Waals surface area contributed by atoms with Crippen LogP contribution in [0.4, 0.5) is 5.82 Å². The molecule has 0 radical (unpaired) electrons. The molecule has 1 aliphatic rings. The Morgan fingerprint density at radius 3 is 2.83 bits per heavy atom. The van der Waals surface area contributed by atoms with Crippen LogP contribution in [-0.4, -0.2) is 27.1 Å². The highest BCUT2D eigenvalue weighted by atomic mass is 35.5. The van der Waals surface area contributed by atoms with Gasteiger partial charge in [0.25, 0.3) is 0 Å². The Balaban J connectivity index is 2.11. The van der Waals surface area contributed by atoms with Crippen molar-refractivity contribution in [3.05, 3.63) is 17.5 Å². The number of aliphatic carboxylic acids is 1. The fraction of sp³-hybridized carbons (Fsp3) is 0.583. The molecule has 1 saturated carbocycles. The monoisotopic (exact) mass is 269 g/mol. The molecule has 5 nitrogen and oxygen atoms in total. The third kappa shape index (κ3) is 3.32.